The van der Waals surface area contributed by atoms with Crippen molar-refractivity contribution < 1.29 is 24.2 Å². The van der Waals surface area contributed by atoms with Crippen molar-refractivity contribution in [3.63, 3.8) is 0 Å². The molecule has 0 radical (unpaired) electrons. The lowest BCUT2D eigenvalue weighted by Crippen LogP contribution is -2.40. The summed E-state index contributed by atoms with van der Waals surface area (Å²) < 4.78 is 5.08. The number of carbonyl (C=O) groups is 3. The summed E-state index contributed by atoms with van der Waals surface area (Å²) in [5, 5.41) is 14.5. The van der Waals surface area contributed by atoms with Gasteiger partial charge in [-0.25, -0.2) is 4.79 Å². The van der Waals surface area contributed by atoms with Gasteiger partial charge in [0.05, 0.1) is 5.41 Å². The van der Waals surface area contributed by atoms with Gasteiger partial charge < -0.3 is 20.5 Å². The first-order valence-corrected chi connectivity index (χ1v) is 7.85. The van der Waals surface area contributed by atoms with Crippen molar-refractivity contribution in [3.05, 3.63) is 0 Å². The average Bonchev–Trinajstić information content (AvgIpc) is 2.35. The van der Waals surface area contributed by atoms with E-state index in [2.05, 4.69) is 10.6 Å². The molecule has 0 aromatic rings. The van der Waals surface area contributed by atoms with Crippen LogP contribution in [-0.4, -0.2) is 41.8 Å². The van der Waals surface area contributed by atoms with Gasteiger partial charge in [0.1, 0.15) is 5.60 Å². The summed E-state index contributed by atoms with van der Waals surface area (Å²) in [4.78, 5) is 34.6. The van der Waals surface area contributed by atoms with E-state index in [0.717, 1.165) is 0 Å². The Bertz CT molecular complexity index is 429. The molecule has 0 spiro atoms. The van der Waals surface area contributed by atoms with E-state index in [1.165, 1.54) is 0 Å². The summed E-state index contributed by atoms with van der Waals surface area (Å²) in [7, 11) is 0. The Morgan fingerprint density at radius 2 is 1.57 bits per heavy atom. The van der Waals surface area contributed by atoms with Crippen LogP contribution in [0.25, 0.3) is 0 Å². The Hall–Kier alpha value is -1.79. The van der Waals surface area contributed by atoms with Crippen LogP contribution in [-0.2, 0) is 14.3 Å². The number of carbonyl (C=O) groups excluding carboxylic acids is 2. The van der Waals surface area contributed by atoms with E-state index >= 15 is 0 Å². The van der Waals surface area contributed by atoms with Gasteiger partial charge in [-0.3, -0.25) is 9.59 Å². The maximum atomic E-state index is 11.9. The Balaban J connectivity index is 4.04. The molecular weight excluding hydrogens is 300 g/mol. The zero-order valence-electron chi connectivity index (χ0n) is 15.0. The van der Waals surface area contributed by atoms with Crippen LogP contribution >= 0.6 is 0 Å². The van der Waals surface area contributed by atoms with Gasteiger partial charge in [-0.15, -0.1) is 0 Å². The van der Waals surface area contributed by atoms with Gasteiger partial charge in [0.2, 0.25) is 5.91 Å². The van der Waals surface area contributed by atoms with Crippen molar-refractivity contribution in [3.8, 4) is 0 Å². The monoisotopic (exact) mass is 330 g/mol. The molecule has 0 fully saturated rings. The maximum Gasteiger partial charge on any atom is 0.407 e. The van der Waals surface area contributed by atoms with Crippen LogP contribution in [0.2, 0.25) is 0 Å². The first-order chi connectivity index (χ1) is 10.4. The van der Waals surface area contributed by atoms with Gasteiger partial charge in [0.15, 0.2) is 0 Å². The first kappa shape index (κ1) is 21.2. The third-order valence-corrected chi connectivity index (χ3v) is 3.63. The van der Waals surface area contributed by atoms with Gasteiger partial charge in [-0.05, 0) is 40.0 Å². The molecule has 23 heavy (non-hydrogen) atoms. The fraction of sp³-hybridized carbons (Fsp3) is 0.812. The van der Waals surface area contributed by atoms with E-state index < -0.39 is 23.1 Å². The first-order valence-electron chi connectivity index (χ1n) is 7.85. The van der Waals surface area contributed by atoms with Crippen LogP contribution in [0.1, 0.15) is 54.4 Å². The van der Waals surface area contributed by atoms with E-state index in [0.29, 0.717) is 19.5 Å². The standard InChI is InChI=1S/C16H30N2O5/c1-11(2)16(6,13(20)21)10-12(19)17-8-7-9-18-14(22)23-15(3,4)5/h11H,7-10H2,1-6H3,(H,17,19)(H,18,22)(H,20,21). The zero-order valence-corrected chi connectivity index (χ0v) is 15.0. The lowest BCUT2D eigenvalue weighted by Gasteiger charge is -2.28. The molecule has 0 aliphatic heterocycles. The fourth-order valence-electron chi connectivity index (χ4n) is 1.74. The number of ether oxygens (including phenoxy) is 1. The SMILES string of the molecule is CC(C)C(C)(CC(=O)NCCCNC(=O)OC(C)(C)C)C(=O)O. The highest BCUT2D eigenvalue weighted by molar-refractivity contribution is 5.84. The summed E-state index contributed by atoms with van der Waals surface area (Å²) in [6, 6.07) is 0. The molecule has 0 saturated carbocycles. The third-order valence-electron chi connectivity index (χ3n) is 3.63. The van der Waals surface area contributed by atoms with Gasteiger partial charge in [-0.2, -0.15) is 0 Å². The number of nitrogens with one attached hydrogen (secondary N) is 2. The molecule has 0 heterocycles. The minimum absolute atomic E-state index is 0.0699. The summed E-state index contributed by atoms with van der Waals surface area (Å²) in [6.07, 6.45) is -0.0299. The molecule has 2 amide bonds. The number of rotatable bonds is 8. The highest BCUT2D eigenvalue weighted by Gasteiger charge is 2.38. The number of amides is 2. The predicted molar refractivity (Wildman–Crippen MR) is 87.1 cm³/mol. The second kappa shape index (κ2) is 8.74. The largest absolute Gasteiger partial charge is 0.481 e. The average molecular weight is 330 g/mol. The number of hydrogen-bond acceptors (Lipinski definition) is 4. The van der Waals surface area contributed by atoms with E-state index in [-0.39, 0.29) is 18.2 Å². The number of carboxylic acid groups (broad SMARTS) is 1. The fourth-order valence-corrected chi connectivity index (χ4v) is 1.74. The Labute approximate surface area is 138 Å². The molecule has 7 heteroatoms. The molecule has 0 aromatic carbocycles. The normalized spacial score (nSPS) is 14.0. The molecule has 0 rings (SSSR count). The van der Waals surface area contributed by atoms with Crippen LogP contribution in [0.4, 0.5) is 4.79 Å². The number of alkyl carbamates (subject to hydrolysis) is 1. The van der Waals surface area contributed by atoms with E-state index in [1.54, 1.807) is 41.5 Å². The minimum atomic E-state index is -1.08. The Morgan fingerprint density at radius 1 is 1.04 bits per heavy atom. The third kappa shape index (κ3) is 8.42. The van der Waals surface area contributed by atoms with E-state index in [1.807, 2.05) is 0 Å². The van der Waals surface area contributed by atoms with Crippen LogP contribution in [0.3, 0.4) is 0 Å². The van der Waals surface area contributed by atoms with Crippen molar-refractivity contribution in [2.45, 2.75) is 60.0 Å². The molecule has 0 aliphatic rings. The molecule has 0 aromatic heterocycles. The van der Waals surface area contributed by atoms with Gasteiger partial charge >= 0.3 is 12.1 Å². The second-order valence-corrected chi connectivity index (χ2v) is 7.19. The van der Waals surface area contributed by atoms with E-state index in [9.17, 15) is 19.5 Å². The molecular formula is C16H30N2O5. The summed E-state index contributed by atoms with van der Waals surface area (Å²) in [5.41, 5.74) is -1.63. The summed E-state index contributed by atoms with van der Waals surface area (Å²) in [6.45, 7) is 11.2. The summed E-state index contributed by atoms with van der Waals surface area (Å²) >= 11 is 0. The van der Waals surface area contributed by atoms with Gasteiger partial charge in [0.25, 0.3) is 0 Å². The highest BCUT2D eigenvalue weighted by atomic mass is 16.6. The Morgan fingerprint density at radius 3 is 2.00 bits per heavy atom. The maximum absolute atomic E-state index is 11.9. The van der Waals surface area contributed by atoms with Gasteiger partial charge in [0, 0.05) is 19.5 Å². The van der Waals surface area contributed by atoms with Crippen LogP contribution in [0, 0.1) is 11.3 Å². The second-order valence-electron chi connectivity index (χ2n) is 7.19. The summed E-state index contributed by atoms with van der Waals surface area (Å²) in [5.74, 6) is -1.44. The molecule has 0 saturated heterocycles. The molecule has 1 unspecified atom stereocenters. The Kier molecular flexibility index (Phi) is 8.06. The minimum Gasteiger partial charge on any atom is -0.481 e. The van der Waals surface area contributed by atoms with Crippen molar-refractivity contribution in [2.24, 2.45) is 11.3 Å². The van der Waals surface area contributed by atoms with E-state index in [4.69, 9.17) is 4.74 Å². The molecule has 1 atom stereocenters. The number of aliphatic carboxylic acids is 1. The zero-order chi connectivity index (χ0) is 18.3. The highest BCUT2D eigenvalue weighted by Crippen LogP contribution is 2.31. The lowest BCUT2D eigenvalue weighted by atomic mass is 9.76. The molecule has 3 N–H and O–H groups in total. The van der Waals surface area contributed by atoms with Crippen molar-refractivity contribution >= 4 is 18.0 Å². The van der Waals surface area contributed by atoms with Crippen molar-refractivity contribution in [1.82, 2.24) is 10.6 Å². The van der Waals surface area contributed by atoms with Gasteiger partial charge in [-0.1, -0.05) is 13.8 Å². The molecule has 134 valence electrons. The lowest BCUT2D eigenvalue weighted by molar-refractivity contribution is -0.153. The molecule has 7 nitrogen and oxygen atoms in total. The quantitative estimate of drug-likeness (QED) is 0.592. The smallest absolute Gasteiger partial charge is 0.407 e. The van der Waals surface area contributed by atoms with Crippen LogP contribution in [0.15, 0.2) is 0 Å². The molecule has 0 aliphatic carbocycles. The predicted octanol–water partition coefficient (Wildman–Crippen LogP) is 2.15. The van der Waals surface area contributed by atoms with Crippen LogP contribution in [0.5, 0.6) is 0 Å². The number of carboxylic acids is 1. The van der Waals surface area contributed by atoms with Crippen molar-refractivity contribution in [2.75, 3.05) is 13.1 Å². The number of hydrogen-bond donors (Lipinski definition) is 3. The molecule has 0 bridgehead atoms. The van der Waals surface area contributed by atoms with Crippen molar-refractivity contribution in [1.29, 1.82) is 0 Å². The van der Waals surface area contributed by atoms with Crippen LogP contribution < -0.4 is 10.6 Å². The topological polar surface area (TPSA) is 105 Å².